The summed E-state index contributed by atoms with van der Waals surface area (Å²) in [5.41, 5.74) is 1.67. The fraction of sp³-hybridized carbons (Fsp3) is 0.381. The molecule has 1 fully saturated rings. The molecule has 1 aliphatic rings. The second kappa shape index (κ2) is 8.84. The van der Waals surface area contributed by atoms with Crippen molar-refractivity contribution in [2.24, 2.45) is 0 Å². The van der Waals surface area contributed by atoms with Gasteiger partial charge in [0.25, 0.3) is 0 Å². The number of hydrogen-bond donors (Lipinski definition) is 1. The molecule has 0 spiro atoms. The number of benzene rings is 1. The maximum atomic E-state index is 12.3. The molecule has 8 heteroatoms. The highest BCUT2D eigenvalue weighted by Gasteiger charge is 2.26. The van der Waals surface area contributed by atoms with Gasteiger partial charge in [-0.15, -0.1) is 0 Å². The Morgan fingerprint density at radius 1 is 1.14 bits per heavy atom. The summed E-state index contributed by atoms with van der Waals surface area (Å²) in [6.07, 6.45) is 1.82. The van der Waals surface area contributed by atoms with Gasteiger partial charge in [0, 0.05) is 13.1 Å². The highest BCUT2D eigenvalue weighted by molar-refractivity contribution is 8.00. The van der Waals surface area contributed by atoms with Gasteiger partial charge in [0.1, 0.15) is 10.8 Å². The van der Waals surface area contributed by atoms with Crippen LogP contribution in [0.5, 0.6) is 0 Å². The Morgan fingerprint density at radius 2 is 1.86 bits per heavy atom. The van der Waals surface area contributed by atoms with Gasteiger partial charge in [-0.3, -0.25) is 4.79 Å². The van der Waals surface area contributed by atoms with Crippen molar-refractivity contribution in [1.82, 2.24) is 15.3 Å². The van der Waals surface area contributed by atoms with Crippen molar-refractivity contribution in [3.05, 3.63) is 48.4 Å². The lowest BCUT2D eigenvalue weighted by Crippen LogP contribution is -2.46. The number of amides is 1. The van der Waals surface area contributed by atoms with E-state index in [9.17, 15) is 4.79 Å². The summed E-state index contributed by atoms with van der Waals surface area (Å²) in [7, 11) is 0. The molecule has 0 aliphatic carbocycles. The third kappa shape index (κ3) is 4.89. The maximum Gasteiger partial charge on any atom is 0.230 e. The molecule has 1 saturated heterocycles. The molecule has 2 aromatic heterocycles. The molecule has 3 heterocycles. The van der Waals surface area contributed by atoms with Crippen LogP contribution >= 0.6 is 11.8 Å². The predicted octanol–water partition coefficient (Wildman–Crippen LogP) is 3.24. The van der Waals surface area contributed by atoms with Crippen molar-refractivity contribution in [3.63, 3.8) is 0 Å². The average Bonchev–Trinajstić information content (AvgIpc) is 3.23. The molecule has 0 bridgehead atoms. The Bertz CT molecular complexity index is 969. The number of anilines is 1. The van der Waals surface area contributed by atoms with E-state index >= 15 is 0 Å². The Labute approximate surface area is 173 Å². The van der Waals surface area contributed by atoms with Crippen LogP contribution in [0.4, 0.5) is 5.82 Å². The van der Waals surface area contributed by atoms with E-state index in [0.717, 1.165) is 40.7 Å². The van der Waals surface area contributed by atoms with Crippen molar-refractivity contribution >= 4 is 34.5 Å². The van der Waals surface area contributed by atoms with E-state index in [-0.39, 0.29) is 23.9 Å². The normalized spacial score (nSPS) is 19.4. The van der Waals surface area contributed by atoms with Gasteiger partial charge in [-0.25, -0.2) is 9.97 Å². The summed E-state index contributed by atoms with van der Waals surface area (Å²) >= 11 is 1.40. The standard InChI is InChI=1S/C21H24N4O3S/c1-14-11-25(12-15(2)28-14)20-21(24-18-8-4-3-7-17(18)23-20)29-13-19(26)22-10-16-6-5-9-27-16/h3-9,14-15H,10-13H2,1-2H3,(H,22,26). The number of nitrogens with one attached hydrogen (secondary N) is 1. The quantitative estimate of drug-likeness (QED) is 0.623. The largest absolute Gasteiger partial charge is 0.467 e. The van der Waals surface area contributed by atoms with Crippen LogP contribution in [-0.4, -0.2) is 46.9 Å². The average molecular weight is 413 g/mol. The van der Waals surface area contributed by atoms with Gasteiger partial charge < -0.3 is 19.4 Å². The molecule has 2 atom stereocenters. The van der Waals surface area contributed by atoms with E-state index in [1.807, 2.05) is 30.3 Å². The zero-order chi connectivity index (χ0) is 20.2. The first-order valence-electron chi connectivity index (χ1n) is 9.67. The molecular weight excluding hydrogens is 388 g/mol. The second-order valence-electron chi connectivity index (χ2n) is 7.15. The highest BCUT2D eigenvalue weighted by Crippen LogP contribution is 2.30. The summed E-state index contributed by atoms with van der Waals surface area (Å²) in [6.45, 7) is 5.99. The van der Waals surface area contributed by atoms with Crippen LogP contribution in [-0.2, 0) is 16.1 Å². The number of fused-ring (bicyclic) bond motifs is 1. The summed E-state index contributed by atoms with van der Waals surface area (Å²) in [5.74, 6) is 1.73. The van der Waals surface area contributed by atoms with Crippen LogP contribution in [0.15, 0.2) is 52.1 Å². The smallest absolute Gasteiger partial charge is 0.230 e. The molecule has 7 nitrogen and oxygen atoms in total. The van der Waals surface area contributed by atoms with Crippen LogP contribution < -0.4 is 10.2 Å². The van der Waals surface area contributed by atoms with Gasteiger partial charge in [-0.2, -0.15) is 0 Å². The summed E-state index contributed by atoms with van der Waals surface area (Å²) in [5, 5.41) is 3.63. The van der Waals surface area contributed by atoms with Crippen LogP contribution in [0.1, 0.15) is 19.6 Å². The van der Waals surface area contributed by atoms with Gasteiger partial charge in [-0.05, 0) is 38.1 Å². The molecule has 0 saturated carbocycles. The first-order valence-corrected chi connectivity index (χ1v) is 10.7. The minimum atomic E-state index is -0.0731. The van der Waals surface area contributed by atoms with Gasteiger partial charge in [0.15, 0.2) is 5.82 Å². The zero-order valence-electron chi connectivity index (χ0n) is 16.5. The van der Waals surface area contributed by atoms with Crippen molar-refractivity contribution in [3.8, 4) is 0 Å². The number of carbonyl (C=O) groups excluding carboxylic acids is 1. The Morgan fingerprint density at radius 3 is 2.55 bits per heavy atom. The Kier molecular flexibility index (Phi) is 6.01. The topological polar surface area (TPSA) is 80.5 Å². The SMILES string of the molecule is CC1CN(c2nc3ccccc3nc2SCC(=O)NCc2ccco2)CC(C)O1. The highest BCUT2D eigenvalue weighted by atomic mass is 32.2. The molecule has 1 amide bonds. The van der Waals surface area contributed by atoms with Crippen molar-refractivity contribution < 1.29 is 13.9 Å². The monoisotopic (exact) mass is 412 g/mol. The molecule has 4 rings (SSSR count). The second-order valence-corrected chi connectivity index (χ2v) is 8.11. The van der Waals surface area contributed by atoms with E-state index in [0.29, 0.717) is 6.54 Å². The first kappa shape index (κ1) is 19.7. The predicted molar refractivity (Wildman–Crippen MR) is 113 cm³/mol. The van der Waals surface area contributed by atoms with Crippen LogP contribution in [0.2, 0.25) is 0 Å². The number of ether oxygens (including phenoxy) is 1. The molecule has 1 aromatic carbocycles. The van der Waals surface area contributed by atoms with E-state index in [1.165, 1.54) is 11.8 Å². The fourth-order valence-corrected chi connectivity index (χ4v) is 4.25. The summed E-state index contributed by atoms with van der Waals surface area (Å²) < 4.78 is 11.1. The minimum Gasteiger partial charge on any atom is -0.467 e. The van der Waals surface area contributed by atoms with Crippen LogP contribution in [0.3, 0.4) is 0 Å². The van der Waals surface area contributed by atoms with Crippen molar-refractivity contribution in [2.75, 3.05) is 23.7 Å². The van der Waals surface area contributed by atoms with Crippen LogP contribution in [0, 0.1) is 0 Å². The molecule has 2 unspecified atom stereocenters. The third-order valence-corrected chi connectivity index (χ3v) is 5.57. The number of aromatic nitrogens is 2. The number of morpholine rings is 1. The van der Waals surface area contributed by atoms with E-state index in [4.69, 9.17) is 19.1 Å². The lowest BCUT2D eigenvalue weighted by atomic mass is 10.2. The van der Waals surface area contributed by atoms with Crippen molar-refractivity contribution in [2.45, 2.75) is 37.6 Å². The van der Waals surface area contributed by atoms with E-state index in [2.05, 4.69) is 24.1 Å². The number of thioether (sulfide) groups is 1. The van der Waals surface area contributed by atoms with Gasteiger partial charge in [-0.1, -0.05) is 23.9 Å². The first-order chi connectivity index (χ1) is 14.1. The molecule has 0 radical (unpaired) electrons. The molecule has 3 aromatic rings. The number of furan rings is 1. The molecule has 29 heavy (non-hydrogen) atoms. The number of para-hydroxylation sites is 2. The summed E-state index contributed by atoms with van der Waals surface area (Å²) in [4.78, 5) is 24.2. The maximum absolute atomic E-state index is 12.3. The van der Waals surface area contributed by atoms with Crippen LogP contribution in [0.25, 0.3) is 11.0 Å². The lowest BCUT2D eigenvalue weighted by molar-refractivity contribution is -0.118. The number of carbonyl (C=O) groups is 1. The Hall–Kier alpha value is -2.58. The number of rotatable bonds is 6. The lowest BCUT2D eigenvalue weighted by Gasteiger charge is -2.36. The minimum absolute atomic E-state index is 0.0731. The van der Waals surface area contributed by atoms with Gasteiger partial charge >= 0.3 is 0 Å². The van der Waals surface area contributed by atoms with Crippen molar-refractivity contribution in [1.29, 1.82) is 0 Å². The molecule has 152 valence electrons. The number of hydrogen-bond acceptors (Lipinski definition) is 7. The zero-order valence-corrected chi connectivity index (χ0v) is 17.3. The fourth-order valence-electron chi connectivity index (χ4n) is 3.41. The molecule has 1 N–H and O–H groups in total. The molecule has 1 aliphatic heterocycles. The Balaban J connectivity index is 1.52. The third-order valence-electron chi connectivity index (χ3n) is 4.62. The molecular formula is C21H24N4O3S. The number of nitrogens with zero attached hydrogens (tertiary/aromatic N) is 3. The van der Waals surface area contributed by atoms with E-state index < -0.39 is 0 Å². The van der Waals surface area contributed by atoms with Gasteiger partial charge in [0.2, 0.25) is 5.91 Å². The summed E-state index contributed by atoms with van der Waals surface area (Å²) in [6, 6.07) is 11.4. The van der Waals surface area contributed by atoms with E-state index in [1.54, 1.807) is 12.3 Å². The van der Waals surface area contributed by atoms with Gasteiger partial charge in [0.05, 0.1) is 41.8 Å².